The van der Waals surface area contributed by atoms with Crippen molar-refractivity contribution in [2.75, 3.05) is 6.79 Å². The molecule has 0 amide bonds. The number of hydrogen-bond acceptors (Lipinski definition) is 5. The molecule has 0 spiro atoms. The van der Waals surface area contributed by atoms with Gasteiger partial charge in [0.15, 0.2) is 23.0 Å². The molecule has 6 nitrogen and oxygen atoms in total. The number of carbonyl (C=O) groups is 1. The van der Waals surface area contributed by atoms with E-state index in [9.17, 15) is 9.18 Å². The van der Waals surface area contributed by atoms with Crippen LogP contribution in [0.2, 0.25) is 0 Å². The van der Waals surface area contributed by atoms with Gasteiger partial charge in [-0.3, -0.25) is 0 Å². The van der Waals surface area contributed by atoms with Crippen LogP contribution in [0.1, 0.15) is 10.5 Å². The lowest BCUT2D eigenvalue weighted by Crippen LogP contribution is -1.94. The number of carboxylic acids is 1. The number of benzene rings is 1. The van der Waals surface area contributed by atoms with E-state index in [4.69, 9.17) is 19.1 Å². The average molecular weight is 251 g/mol. The van der Waals surface area contributed by atoms with Gasteiger partial charge in [0, 0.05) is 11.6 Å². The van der Waals surface area contributed by atoms with Gasteiger partial charge in [-0.1, -0.05) is 5.16 Å². The molecule has 1 aromatic carbocycles. The van der Waals surface area contributed by atoms with Crippen LogP contribution in [0.4, 0.5) is 4.39 Å². The van der Waals surface area contributed by atoms with Crippen LogP contribution in [-0.4, -0.2) is 23.0 Å². The van der Waals surface area contributed by atoms with Crippen LogP contribution in [0.3, 0.4) is 0 Å². The summed E-state index contributed by atoms with van der Waals surface area (Å²) in [6, 6.07) is 3.87. The van der Waals surface area contributed by atoms with Gasteiger partial charge in [0.05, 0.1) is 0 Å². The van der Waals surface area contributed by atoms with Crippen LogP contribution in [-0.2, 0) is 0 Å². The largest absolute Gasteiger partial charge is 0.476 e. The second kappa shape index (κ2) is 3.73. The number of aromatic carboxylic acids is 1. The Bertz CT molecular complexity index is 636. The van der Waals surface area contributed by atoms with Gasteiger partial charge in [0.2, 0.25) is 12.5 Å². The van der Waals surface area contributed by atoms with Crippen molar-refractivity contribution in [3.05, 3.63) is 29.7 Å². The van der Waals surface area contributed by atoms with Gasteiger partial charge in [-0.2, -0.15) is 0 Å². The summed E-state index contributed by atoms with van der Waals surface area (Å²) in [7, 11) is 0. The molecule has 0 fully saturated rings. The molecule has 2 heterocycles. The van der Waals surface area contributed by atoms with Crippen LogP contribution >= 0.6 is 0 Å². The van der Waals surface area contributed by atoms with Crippen LogP contribution in [0, 0.1) is 5.82 Å². The molecule has 1 aliphatic heterocycles. The Morgan fingerprint density at radius 1 is 1.33 bits per heavy atom. The molecule has 1 aliphatic rings. The molecular formula is C11H6FNO5. The molecule has 1 N–H and O–H groups in total. The third-order valence-electron chi connectivity index (χ3n) is 2.44. The van der Waals surface area contributed by atoms with E-state index in [0.29, 0.717) is 5.56 Å². The number of carboxylic acid groups (broad SMARTS) is 1. The van der Waals surface area contributed by atoms with Gasteiger partial charge in [-0.25, -0.2) is 9.18 Å². The Hall–Kier alpha value is -2.57. The summed E-state index contributed by atoms with van der Waals surface area (Å²) in [4.78, 5) is 10.7. The highest BCUT2D eigenvalue weighted by molar-refractivity contribution is 5.86. The number of halogens is 1. The van der Waals surface area contributed by atoms with Gasteiger partial charge in [0.1, 0.15) is 0 Å². The van der Waals surface area contributed by atoms with Crippen molar-refractivity contribution in [3.8, 4) is 22.8 Å². The minimum atomic E-state index is -1.22. The summed E-state index contributed by atoms with van der Waals surface area (Å²) in [5.74, 6) is -1.39. The van der Waals surface area contributed by atoms with Gasteiger partial charge >= 0.3 is 5.97 Å². The lowest BCUT2D eigenvalue weighted by Gasteiger charge is -2.00. The molecule has 0 unspecified atom stereocenters. The van der Waals surface area contributed by atoms with Crippen LogP contribution in [0.5, 0.6) is 11.5 Å². The van der Waals surface area contributed by atoms with Gasteiger partial charge < -0.3 is 19.1 Å². The predicted octanol–water partition coefficient (Wildman–Crippen LogP) is 1.91. The normalized spacial score (nSPS) is 12.7. The van der Waals surface area contributed by atoms with E-state index >= 15 is 0 Å². The Balaban J connectivity index is 2.06. The van der Waals surface area contributed by atoms with Crippen molar-refractivity contribution in [3.63, 3.8) is 0 Å². The zero-order valence-electron chi connectivity index (χ0n) is 8.84. The summed E-state index contributed by atoms with van der Waals surface area (Å²) in [6.45, 7) is -0.0491. The monoisotopic (exact) mass is 251 g/mol. The Labute approximate surface area is 99.5 Å². The highest BCUT2D eigenvalue weighted by Crippen LogP contribution is 2.38. The van der Waals surface area contributed by atoms with E-state index in [2.05, 4.69) is 5.16 Å². The van der Waals surface area contributed by atoms with Gasteiger partial charge in [0.25, 0.3) is 0 Å². The quantitative estimate of drug-likeness (QED) is 0.877. The van der Waals surface area contributed by atoms with E-state index in [1.165, 1.54) is 18.2 Å². The van der Waals surface area contributed by atoms with Gasteiger partial charge in [-0.05, 0) is 12.1 Å². The maximum absolute atomic E-state index is 13.6. The van der Waals surface area contributed by atoms with Crippen LogP contribution in [0.25, 0.3) is 11.3 Å². The molecule has 7 heteroatoms. The first-order valence-corrected chi connectivity index (χ1v) is 4.94. The lowest BCUT2D eigenvalue weighted by atomic mass is 10.1. The summed E-state index contributed by atoms with van der Waals surface area (Å²) in [5, 5.41) is 12.1. The van der Waals surface area contributed by atoms with Crippen LogP contribution in [0.15, 0.2) is 22.7 Å². The number of ether oxygens (including phenoxy) is 2. The molecule has 0 saturated heterocycles. The molecular weight excluding hydrogens is 245 g/mol. The zero-order valence-corrected chi connectivity index (χ0v) is 8.84. The van der Waals surface area contributed by atoms with Crippen molar-refractivity contribution in [1.29, 1.82) is 0 Å². The predicted molar refractivity (Wildman–Crippen MR) is 55.0 cm³/mol. The average Bonchev–Trinajstić information content (AvgIpc) is 2.97. The van der Waals surface area contributed by atoms with Crippen molar-refractivity contribution in [2.45, 2.75) is 0 Å². The first-order chi connectivity index (χ1) is 8.65. The summed E-state index contributed by atoms with van der Waals surface area (Å²) in [6.07, 6.45) is 0. The Kier molecular flexibility index (Phi) is 2.19. The summed E-state index contributed by atoms with van der Waals surface area (Å²) >= 11 is 0. The van der Waals surface area contributed by atoms with E-state index in [0.717, 1.165) is 0 Å². The number of hydrogen-bond donors (Lipinski definition) is 1. The maximum Gasteiger partial charge on any atom is 0.358 e. The fourth-order valence-corrected chi connectivity index (χ4v) is 1.62. The van der Waals surface area contributed by atoms with Crippen molar-refractivity contribution < 1.29 is 28.3 Å². The van der Waals surface area contributed by atoms with Crippen molar-refractivity contribution in [1.82, 2.24) is 5.16 Å². The molecule has 3 rings (SSSR count). The van der Waals surface area contributed by atoms with Gasteiger partial charge in [-0.15, -0.1) is 0 Å². The Morgan fingerprint density at radius 2 is 2.17 bits per heavy atom. The summed E-state index contributed by atoms with van der Waals surface area (Å²) in [5.41, 5.74) is 0.0832. The lowest BCUT2D eigenvalue weighted by molar-refractivity contribution is 0.0686. The summed E-state index contributed by atoms with van der Waals surface area (Å²) < 4.78 is 28.4. The highest BCUT2D eigenvalue weighted by atomic mass is 19.1. The molecule has 2 aromatic rings. The first-order valence-electron chi connectivity index (χ1n) is 4.94. The first kappa shape index (κ1) is 10.6. The third-order valence-corrected chi connectivity index (χ3v) is 2.44. The van der Waals surface area contributed by atoms with Crippen molar-refractivity contribution >= 4 is 5.97 Å². The highest BCUT2D eigenvalue weighted by Gasteiger charge is 2.22. The second-order valence-corrected chi connectivity index (χ2v) is 3.57. The third kappa shape index (κ3) is 1.56. The number of fused-ring (bicyclic) bond motifs is 1. The van der Waals surface area contributed by atoms with Crippen molar-refractivity contribution in [2.24, 2.45) is 0 Å². The van der Waals surface area contributed by atoms with E-state index in [-0.39, 0.29) is 29.7 Å². The number of aromatic nitrogens is 1. The minimum absolute atomic E-state index is 0.0386. The maximum atomic E-state index is 13.6. The molecule has 1 aromatic heterocycles. The van der Waals surface area contributed by atoms with E-state index in [1.54, 1.807) is 0 Å². The Morgan fingerprint density at radius 3 is 2.89 bits per heavy atom. The molecule has 0 saturated carbocycles. The van der Waals surface area contributed by atoms with E-state index < -0.39 is 11.8 Å². The fourth-order valence-electron chi connectivity index (χ4n) is 1.62. The smallest absolute Gasteiger partial charge is 0.358 e. The number of nitrogens with zero attached hydrogens (tertiary/aromatic N) is 1. The zero-order chi connectivity index (χ0) is 12.7. The molecule has 0 bridgehead atoms. The molecule has 0 atom stereocenters. The molecule has 92 valence electrons. The molecule has 0 radical (unpaired) electrons. The molecule has 18 heavy (non-hydrogen) atoms. The topological polar surface area (TPSA) is 81.8 Å². The van der Waals surface area contributed by atoms with Crippen LogP contribution < -0.4 is 9.47 Å². The number of rotatable bonds is 2. The standard InChI is InChI=1S/C11H6FNO5/c12-6-1-5(2-9-10(6)17-4-16-9)8-3-7(11(14)15)13-18-8/h1-3H,4H2,(H,14,15). The molecule has 0 aliphatic carbocycles. The van der Waals surface area contributed by atoms with E-state index in [1.807, 2.05) is 0 Å². The fraction of sp³-hybridized carbons (Fsp3) is 0.0909. The minimum Gasteiger partial charge on any atom is -0.476 e. The second-order valence-electron chi connectivity index (χ2n) is 3.57. The SMILES string of the molecule is O=C(O)c1cc(-c2cc(F)c3c(c2)OCO3)on1.